The molecule has 0 spiro atoms. The van der Waals surface area contributed by atoms with Gasteiger partial charge in [0.2, 0.25) is 0 Å². The van der Waals surface area contributed by atoms with E-state index in [-0.39, 0.29) is 5.78 Å². The Kier molecular flexibility index (Phi) is 2.52. The van der Waals surface area contributed by atoms with Gasteiger partial charge < -0.3 is 0 Å². The van der Waals surface area contributed by atoms with Crippen molar-refractivity contribution in [3.63, 3.8) is 0 Å². The lowest BCUT2D eigenvalue weighted by molar-refractivity contribution is 0.0989. The predicted octanol–water partition coefficient (Wildman–Crippen LogP) is 2.63. The number of thiophene rings is 1. The minimum absolute atomic E-state index is 0.0969. The molecular formula is C9H7NOS2. The molecule has 0 aliphatic rings. The molecule has 2 rings (SSSR count). The quantitative estimate of drug-likeness (QED) is 0.727. The van der Waals surface area contributed by atoms with Gasteiger partial charge >= 0.3 is 0 Å². The van der Waals surface area contributed by atoms with Gasteiger partial charge in [-0.15, -0.1) is 0 Å². The van der Waals surface area contributed by atoms with Gasteiger partial charge in [0.1, 0.15) is 5.69 Å². The molecular weight excluding hydrogens is 202 g/mol. The van der Waals surface area contributed by atoms with Crippen LogP contribution in [-0.2, 0) is 6.42 Å². The molecule has 2 aromatic rings. The molecule has 0 saturated carbocycles. The first kappa shape index (κ1) is 8.59. The molecule has 66 valence electrons. The van der Waals surface area contributed by atoms with Crippen LogP contribution < -0.4 is 0 Å². The molecule has 0 saturated heterocycles. The molecule has 2 aromatic heterocycles. The predicted molar refractivity (Wildman–Crippen MR) is 54.5 cm³/mol. The lowest BCUT2D eigenvalue weighted by Crippen LogP contribution is -2.02. The number of carbonyl (C=O) groups excluding carboxylic acids is 1. The van der Waals surface area contributed by atoms with Crippen molar-refractivity contribution in [1.29, 1.82) is 0 Å². The maximum Gasteiger partial charge on any atom is 0.186 e. The summed E-state index contributed by atoms with van der Waals surface area (Å²) in [7, 11) is 0. The second-order valence-electron chi connectivity index (χ2n) is 2.62. The zero-order valence-electron chi connectivity index (χ0n) is 6.77. The van der Waals surface area contributed by atoms with Gasteiger partial charge in [0, 0.05) is 11.8 Å². The number of hydrogen-bond donors (Lipinski definition) is 0. The fourth-order valence-electron chi connectivity index (χ4n) is 1.03. The summed E-state index contributed by atoms with van der Waals surface area (Å²) in [6.45, 7) is 0. The van der Waals surface area contributed by atoms with Gasteiger partial charge in [-0.3, -0.25) is 4.79 Å². The third-order valence-electron chi connectivity index (χ3n) is 1.67. The molecule has 0 amide bonds. The molecule has 2 nitrogen and oxygen atoms in total. The number of nitrogens with zero attached hydrogens (tertiary/aromatic N) is 1. The van der Waals surface area contributed by atoms with Crippen LogP contribution in [0, 0.1) is 0 Å². The summed E-state index contributed by atoms with van der Waals surface area (Å²) in [5.41, 5.74) is 1.65. The molecule has 0 radical (unpaired) electrons. The van der Waals surface area contributed by atoms with Crippen LogP contribution in [0.5, 0.6) is 0 Å². The van der Waals surface area contributed by atoms with E-state index < -0.39 is 0 Å². The number of aromatic nitrogens is 1. The van der Waals surface area contributed by atoms with E-state index >= 15 is 0 Å². The van der Waals surface area contributed by atoms with Crippen LogP contribution in [0.3, 0.4) is 0 Å². The lowest BCUT2D eigenvalue weighted by Gasteiger charge is -1.92. The fraction of sp³-hybridized carbons (Fsp3) is 0.111. The van der Waals surface area contributed by atoms with Crippen molar-refractivity contribution < 1.29 is 4.79 Å². The molecule has 0 unspecified atom stereocenters. The Balaban J connectivity index is 2.08. The summed E-state index contributed by atoms with van der Waals surface area (Å²) < 4.78 is 3.99. The van der Waals surface area contributed by atoms with E-state index in [1.165, 1.54) is 11.5 Å². The van der Waals surface area contributed by atoms with Crippen molar-refractivity contribution in [1.82, 2.24) is 4.37 Å². The molecule has 0 N–H and O–H groups in total. The Hall–Kier alpha value is -1.00. The van der Waals surface area contributed by atoms with Crippen LogP contribution in [0.25, 0.3) is 0 Å². The van der Waals surface area contributed by atoms with Crippen molar-refractivity contribution in [2.24, 2.45) is 0 Å². The highest BCUT2D eigenvalue weighted by atomic mass is 32.1. The van der Waals surface area contributed by atoms with Crippen molar-refractivity contribution in [2.45, 2.75) is 6.42 Å². The molecule has 0 fully saturated rings. The second-order valence-corrected chi connectivity index (χ2v) is 4.06. The summed E-state index contributed by atoms with van der Waals surface area (Å²) in [4.78, 5) is 11.5. The van der Waals surface area contributed by atoms with Crippen molar-refractivity contribution in [3.05, 3.63) is 39.5 Å². The Morgan fingerprint density at radius 3 is 2.92 bits per heavy atom. The Morgan fingerprint density at radius 2 is 2.31 bits per heavy atom. The van der Waals surface area contributed by atoms with Gasteiger partial charge in [-0.05, 0) is 40.0 Å². The van der Waals surface area contributed by atoms with E-state index in [9.17, 15) is 4.79 Å². The third kappa shape index (κ3) is 2.02. The number of rotatable bonds is 3. The standard InChI is InChI=1S/C9H7NOS2/c11-9(8-2-4-13-10-8)5-7-1-3-12-6-7/h1-4,6H,5H2. The van der Waals surface area contributed by atoms with E-state index in [1.54, 1.807) is 17.4 Å². The maximum absolute atomic E-state index is 11.5. The number of hydrogen-bond acceptors (Lipinski definition) is 4. The number of Topliss-reactive ketones (excluding diaryl/α,β-unsaturated/α-hetero) is 1. The Morgan fingerprint density at radius 1 is 1.38 bits per heavy atom. The highest BCUT2D eigenvalue weighted by molar-refractivity contribution is 7.08. The number of carbonyl (C=O) groups is 1. The van der Waals surface area contributed by atoms with Crippen molar-refractivity contribution >= 4 is 28.7 Å². The fourth-order valence-corrected chi connectivity index (χ4v) is 2.22. The van der Waals surface area contributed by atoms with Crippen LogP contribution >= 0.6 is 22.9 Å². The van der Waals surface area contributed by atoms with Crippen LogP contribution in [-0.4, -0.2) is 10.2 Å². The van der Waals surface area contributed by atoms with E-state index in [0.29, 0.717) is 12.1 Å². The first-order valence-corrected chi connectivity index (χ1v) is 5.59. The minimum atomic E-state index is 0.0969. The molecule has 0 bridgehead atoms. The van der Waals surface area contributed by atoms with Gasteiger partial charge in [0.15, 0.2) is 5.78 Å². The summed E-state index contributed by atoms with van der Waals surface area (Å²) in [5, 5.41) is 5.79. The lowest BCUT2D eigenvalue weighted by atomic mass is 10.1. The van der Waals surface area contributed by atoms with E-state index in [0.717, 1.165) is 5.56 Å². The SMILES string of the molecule is O=C(Cc1ccsc1)c1ccsn1. The van der Waals surface area contributed by atoms with Gasteiger partial charge in [0.05, 0.1) is 0 Å². The molecule has 2 heterocycles. The highest BCUT2D eigenvalue weighted by Crippen LogP contribution is 2.10. The van der Waals surface area contributed by atoms with Gasteiger partial charge in [-0.1, -0.05) is 0 Å². The van der Waals surface area contributed by atoms with Crippen LogP contribution in [0.15, 0.2) is 28.3 Å². The third-order valence-corrected chi connectivity index (χ3v) is 2.96. The Bertz CT molecular complexity index is 378. The van der Waals surface area contributed by atoms with E-state index in [1.807, 2.05) is 22.2 Å². The van der Waals surface area contributed by atoms with Gasteiger partial charge in [-0.2, -0.15) is 15.7 Å². The van der Waals surface area contributed by atoms with E-state index in [4.69, 9.17) is 0 Å². The summed E-state index contributed by atoms with van der Waals surface area (Å²) in [5.74, 6) is 0.0969. The van der Waals surface area contributed by atoms with Crippen LogP contribution in [0.4, 0.5) is 0 Å². The summed E-state index contributed by atoms with van der Waals surface area (Å²) in [6, 6.07) is 3.73. The summed E-state index contributed by atoms with van der Waals surface area (Å²) >= 11 is 2.92. The molecule has 4 heteroatoms. The molecule has 0 aromatic carbocycles. The van der Waals surface area contributed by atoms with Gasteiger partial charge in [-0.25, -0.2) is 0 Å². The number of ketones is 1. The average Bonchev–Trinajstić information content (AvgIpc) is 2.74. The van der Waals surface area contributed by atoms with Crippen LogP contribution in [0.1, 0.15) is 16.1 Å². The largest absolute Gasteiger partial charge is 0.292 e. The molecule has 0 aliphatic carbocycles. The first-order chi connectivity index (χ1) is 6.36. The monoisotopic (exact) mass is 209 g/mol. The van der Waals surface area contributed by atoms with Crippen LogP contribution in [0.2, 0.25) is 0 Å². The first-order valence-electron chi connectivity index (χ1n) is 3.81. The molecule has 0 atom stereocenters. The summed E-state index contributed by atoms with van der Waals surface area (Å²) in [6.07, 6.45) is 0.466. The second kappa shape index (κ2) is 3.81. The van der Waals surface area contributed by atoms with Crippen molar-refractivity contribution in [2.75, 3.05) is 0 Å². The Labute approximate surface area is 84.0 Å². The molecule has 0 aliphatic heterocycles. The van der Waals surface area contributed by atoms with Gasteiger partial charge in [0.25, 0.3) is 0 Å². The van der Waals surface area contributed by atoms with Crippen molar-refractivity contribution in [3.8, 4) is 0 Å². The maximum atomic E-state index is 11.5. The normalized spacial score (nSPS) is 10.2. The van der Waals surface area contributed by atoms with E-state index in [2.05, 4.69) is 4.37 Å². The topological polar surface area (TPSA) is 30.0 Å². The minimum Gasteiger partial charge on any atom is -0.292 e. The zero-order chi connectivity index (χ0) is 9.10. The molecule has 13 heavy (non-hydrogen) atoms. The zero-order valence-corrected chi connectivity index (χ0v) is 8.40. The smallest absolute Gasteiger partial charge is 0.186 e. The average molecular weight is 209 g/mol. The highest BCUT2D eigenvalue weighted by Gasteiger charge is 2.08.